The lowest BCUT2D eigenvalue weighted by Crippen LogP contribution is -2.41. The molecule has 0 spiro atoms. The molecule has 2 aromatic rings. The zero-order chi connectivity index (χ0) is 17.3. The summed E-state index contributed by atoms with van der Waals surface area (Å²) in [4.78, 5) is 21.0. The van der Waals surface area contributed by atoms with E-state index in [0.29, 0.717) is 24.0 Å². The average molecular weight is 352 g/mol. The van der Waals surface area contributed by atoms with Crippen molar-refractivity contribution in [3.8, 4) is 0 Å². The molecule has 0 fully saturated rings. The van der Waals surface area contributed by atoms with Gasteiger partial charge >= 0.3 is 0 Å². The van der Waals surface area contributed by atoms with Gasteiger partial charge in [-0.15, -0.1) is 0 Å². The summed E-state index contributed by atoms with van der Waals surface area (Å²) in [5.41, 5.74) is 0.623. The molecule has 0 radical (unpaired) electrons. The maximum Gasteiger partial charge on any atom is 0.252 e. The Bertz CT molecular complexity index is 753. The van der Waals surface area contributed by atoms with Crippen LogP contribution in [0.5, 0.6) is 0 Å². The van der Waals surface area contributed by atoms with Crippen LogP contribution in [0.3, 0.4) is 0 Å². The monoisotopic (exact) mass is 351 g/mol. The van der Waals surface area contributed by atoms with E-state index < -0.39 is 8.32 Å². The van der Waals surface area contributed by atoms with Gasteiger partial charge in [0.2, 0.25) is 0 Å². The first-order chi connectivity index (χ1) is 10.7. The molecule has 2 rings (SSSR count). The highest BCUT2D eigenvalue weighted by molar-refractivity contribution is 7.98. The first kappa shape index (κ1) is 18.2. The molecule has 126 valence electrons. The van der Waals surface area contributed by atoms with E-state index >= 15 is 0 Å². The minimum absolute atomic E-state index is 0.0536. The molecule has 0 N–H and O–H groups in total. The highest BCUT2D eigenvalue weighted by atomic mass is 32.2. The van der Waals surface area contributed by atoms with Gasteiger partial charge in [0.1, 0.15) is 5.65 Å². The molecule has 0 atom stereocenters. The van der Waals surface area contributed by atoms with E-state index in [0.717, 1.165) is 5.39 Å². The van der Waals surface area contributed by atoms with Gasteiger partial charge < -0.3 is 4.43 Å². The van der Waals surface area contributed by atoms with Crippen molar-refractivity contribution in [1.29, 1.82) is 0 Å². The number of nitrogens with zero attached hydrogens (tertiary/aromatic N) is 3. The standard InChI is InChI=1S/C16H25N3O2SSi/c1-16(2,3)23(5,6)21-10-9-19-13(20)8-7-12-11-17-15(22-4)18-14(12)19/h7-8,11H,9-10H2,1-6H3. The largest absolute Gasteiger partial charge is 0.415 e. The van der Waals surface area contributed by atoms with Crippen LogP contribution in [0.2, 0.25) is 18.1 Å². The van der Waals surface area contributed by atoms with E-state index in [1.54, 1.807) is 22.9 Å². The molecule has 2 heterocycles. The van der Waals surface area contributed by atoms with E-state index in [1.165, 1.54) is 11.8 Å². The van der Waals surface area contributed by atoms with Crippen LogP contribution in [0.4, 0.5) is 0 Å². The van der Waals surface area contributed by atoms with E-state index in [1.807, 2.05) is 6.26 Å². The van der Waals surface area contributed by atoms with Gasteiger partial charge in [-0.25, -0.2) is 9.97 Å². The van der Waals surface area contributed by atoms with Crippen molar-refractivity contribution in [3.63, 3.8) is 0 Å². The molecule has 0 aliphatic heterocycles. The maximum absolute atomic E-state index is 12.2. The Morgan fingerprint density at radius 2 is 2.00 bits per heavy atom. The lowest BCUT2D eigenvalue weighted by molar-refractivity contribution is 0.271. The van der Waals surface area contributed by atoms with Crippen molar-refractivity contribution in [1.82, 2.24) is 14.5 Å². The Morgan fingerprint density at radius 1 is 1.30 bits per heavy atom. The van der Waals surface area contributed by atoms with E-state index in [4.69, 9.17) is 4.43 Å². The Hall–Kier alpha value is -1.18. The Labute approximate surface area is 142 Å². The molecular formula is C16H25N3O2SSi. The third kappa shape index (κ3) is 4.02. The molecule has 0 aromatic carbocycles. The first-order valence-electron chi connectivity index (χ1n) is 7.70. The molecule has 0 aliphatic rings. The normalized spacial score (nSPS) is 12.8. The van der Waals surface area contributed by atoms with Crippen LogP contribution >= 0.6 is 11.8 Å². The average Bonchev–Trinajstić information content (AvgIpc) is 2.47. The summed E-state index contributed by atoms with van der Waals surface area (Å²) in [6.45, 7) is 12.1. The summed E-state index contributed by atoms with van der Waals surface area (Å²) in [5, 5.41) is 1.70. The summed E-state index contributed by atoms with van der Waals surface area (Å²) < 4.78 is 7.87. The van der Waals surface area contributed by atoms with E-state index in [2.05, 4.69) is 43.8 Å². The predicted octanol–water partition coefficient (Wildman–Crippen LogP) is 3.54. The second-order valence-electron chi connectivity index (χ2n) is 7.07. The molecule has 5 nitrogen and oxygen atoms in total. The number of hydrogen-bond donors (Lipinski definition) is 0. The van der Waals surface area contributed by atoms with Gasteiger partial charge in [-0.2, -0.15) is 0 Å². The molecule has 0 aliphatic carbocycles. The number of thioether (sulfide) groups is 1. The number of hydrogen-bond acceptors (Lipinski definition) is 5. The second-order valence-corrected chi connectivity index (χ2v) is 12.7. The van der Waals surface area contributed by atoms with Crippen molar-refractivity contribution < 1.29 is 4.43 Å². The molecule has 0 unspecified atom stereocenters. The Morgan fingerprint density at radius 3 is 2.61 bits per heavy atom. The minimum Gasteiger partial charge on any atom is -0.415 e. The summed E-state index contributed by atoms with van der Waals surface area (Å²) in [6, 6.07) is 3.34. The van der Waals surface area contributed by atoms with Crippen LogP contribution in [-0.4, -0.2) is 35.7 Å². The zero-order valence-corrected chi connectivity index (χ0v) is 16.5. The summed E-state index contributed by atoms with van der Waals surface area (Å²) in [7, 11) is -1.81. The lowest BCUT2D eigenvalue weighted by Gasteiger charge is -2.36. The van der Waals surface area contributed by atoms with Crippen molar-refractivity contribution in [3.05, 3.63) is 28.7 Å². The van der Waals surface area contributed by atoms with Crippen LogP contribution in [-0.2, 0) is 11.0 Å². The van der Waals surface area contributed by atoms with Crippen molar-refractivity contribution in [2.75, 3.05) is 12.9 Å². The third-order valence-electron chi connectivity index (χ3n) is 4.47. The third-order valence-corrected chi connectivity index (χ3v) is 9.57. The molecule has 2 aromatic heterocycles. The number of fused-ring (bicyclic) bond motifs is 1. The number of aromatic nitrogens is 3. The van der Waals surface area contributed by atoms with Crippen LogP contribution in [0.1, 0.15) is 20.8 Å². The summed E-state index contributed by atoms with van der Waals surface area (Å²) >= 11 is 1.47. The molecule has 0 saturated carbocycles. The molecular weight excluding hydrogens is 326 g/mol. The molecule has 0 saturated heterocycles. The summed E-state index contributed by atoms with van der Waals surface area (Å²) in [5.74, 6) is 0. The van der Waals surface area contributed by atoms with Crippen LogP contribution in [0.15, 0.2) is 28.3 Å². The first-order valence-corrected chi connectivity index (χ1v) is 11.8. The van der Waals surface area contributed by atoms with Crippen LogP contribution in [0.25, 0.3) is 11.0 Å². The smallest absolute Gasteiger partial charge is 0.252 e. The van der Waals surface area contributed by atoms with Gasteiger partial charge in [-0.3, -0.25) is 9.36 Å². The predicted molar refractivity (Wildman–Crippen MR) is 98.7 cm³/mol. The molecule has 0 amide bonds. The maximum atomic E-state index is 12.2. The van der Waals surface area contributed by atoms with Crippen LogP contribution < -0.4 is 5.56 Å². The fourth-order valence-electron chi connectivity index (χ4n) is 1.98. The fraction of sp³-hybridized carbons (Fsp3) is 0.562. The lowest BCUT2D eigenvalue weighted by atomic mass is 10.2. The van der Waals surface area contributed by atoms with E-state index in [-0.39, 0.29) is 10.6 Å². The van der Waals surface area contributed by atoms with Gasteiger partial charge in [-0.05, 0) is 30.5 Å². The van der Waals surface area contributed by atoms with Gasteiger partial charge in [0.25, 0.3) is 5.56 Å². The van der Waals surface area contributed by atoms with Crippen molar-refractivity contribution in [2.45, 2.75) is 50.6 Å². The van der Waals surface area contributed by atoms with Crippen molar-refractivity contribution >= 4 is 31.1 Å². The second kappa shape index (κ2) is 6.74. The number of pyridine rings is 1. The minimum atomic E-state index is -1.81. The van der Waals surface area contributed by atoms with Gasteiger partial charge in [-0.1, -0.05) is 32.5 Å². The summed E-state index contributed by atoms with van der Waals surface area (Å²) in [6.07, 6.45) is 3.69. The van der Waals surface area contributed by atoms with E-state index in [9.17, 15) is 4.79 Å². The fourth-order valence-corrected chi connectivity index (χ4v) is 3.35. The highest BCUT2D eigenvalue weighted by Gasteiger charge is 2.36. The topological polar surface area (TPSA) is 57.0 Å². The molecule has 7 heteroatoms. The van der Waals surface area contributed by atoms with Crippen molar-refractivity contribution in [2.24, 2.45) is 0 Å². The molecule has 23 heavy (non-hydrogen) atoms. The highest BCUT2D eigenvalue weighted by Crippen LogP contribution is 2.36. The quantitative estimate of drug-likeness (QED) is 0.468. The molecule has 0 bridgehead atoms. The SMILES string of the molecule is CSc1ncc2ccc(=O)n(CCO[Si](C)(C)C(C)(C)C)c2n1. The number of rotatable bonds is 5. The van der Waals surface area contributed by atoms with Gasteiger partial charge in [0.05, 0.1) is 6.61 Å². The van der Waals surface area contributed by atoms with Crippen LogP contribution in [0, 0.1) is 0 Å². The van der Waals surface area contributed by atoms with Gasteiger partial charge in [0.15, 0.2) is 13.5 Å². The Balaban J connectivity index is 2.26. The van der Waals surface area contributed by atoms with Gasteiger partial charge in [0, 0.05) is 24.2 Å². The Kier molecular flexibility index (Phi) is 5.32. The zero-order valence-electron chi connectivity index (χ0n) is 14.7.